The van der Waals surface area contributed by atoms with Crippen molar-refractivity contribution >= 4 is 6.03 Å². The number of carbonyl (C=O) groups is 1. The van der Waals surface area contributed by atoms with Gasteiger partial charge in [0.25, 0.3) is 0 Å². The SMILES string of the molecule is Cc1cnccc1CNC(N)=O. The van der Waals surface area contributed by atoms with Crippen LogP contribution in [0.1, 0.15) is 11.1 Å². The lowest BCUT2D eigenvalue weighted by Gasteiger charge is -2.04. The van der Waals surface area contributed by atoms with Crippen molar-refractivity contribution in [3.05, 3.63) is 29.6 Å². The van der Waals surface area contributed by atoms with Gasteiger partial charge in [-0.2, -0.15) is 0 Å². The molecule has 64 valence electrons. The van der Waals surface area contributed by atoms with Crippen molar-refractivity contribution in [3.8, 4) is 0 Å². The van der Waals surface area contributed by atoms with Crippen molar-refractivity contribution in [2.75, 3.05) is 0 Å². The summed E-state index contributed by atoms with van der Waals surface area (Å²) in [6.45, 7) is 2.40. The van der Waals surface area contributed by atoms with Crippen LogP contribution in [-0.4, -0.2) is 11.0 Å². The second kappa shape index (κ2) is 3.71. The Morgan fingerprint density at radius 2 is 2.50 bits per heavy atom. The molecule has 0 fully saturated rings. The molecular formula is C8H11N3O. The lowest BCUT2D eigenvalue weighted by molar-refractivity contribution is 0.248. The van der Waals surface area contributed by atoms with Gasteiger partial charge in [-0.25, -0.2) is 4.79 Å². The number of rotatable bonds is 2. The van der Waals surface area contributed by atoms with Gasteiger partial charge in [-0.3, -0.25) is 4.98 Å². The quantitative estimate of drug-likeness (QED) is 0.672. The van der Waals surface area contributed by atoms with Crippen LogP contribution in [-0.2, 0) is 6.54 Å². The summed E-state index contributed by atoms with van der Waals surface area (Å²) in [6.07, 6.45) is 3.43. The zero-order valence-corrected chi connectivity index (χ0v) is 6.87. The van der Waals surface area contributed by atoms with Gasteiger partial charge in [-0.05, 0) is 24.1 Å². The van der Waals surface area contributed by atoms with Crippen LogP contribution in [0, 0.1) is 6.92 Å². The molecule has 0 atom stereocenters. The molecule has 4 nitrogen and oxygen atoms in total. The molecule has 0 saturated carbocycles. The van der Waals surface area contributed by atoms with E-state index in [4.69, 9.17) is 5.73 Å². The zero-order valence-electron chi connectivity index (χ0n) is 6.87. The summed E-state index contributed by atoms with van der Waals surface area (Å²) in [5.74, 6) is 0. The molecule has 0 aliphatic carbocycles. The predicted octanol–water partition coefficient (Wildman–Crippen LogP) is 0.558. The fourth-order valence-electron chi connectivity index (χ4n) is 0.883. The highest BCUT2D eigenvalue weighted by atomic mass is 16.2. The molecule has 0 unspecified atom stereocenters. The second-order valence-corrected chi connectivity index (χ2v) is 2.52. The number of urea groups is 1. The standard InChI is InChI=1S/C8H11N3O/c1-6-4-10-3-2-7(6)5-11-8(9)12/h2-4H,5H2,1H3,(H3,9,11,12). The molecular weight excluding hydrogens is 154 g/mol. The summed E-state index contributed by atoms with van der Waals surface area (Å²) in [6, 6.07) is 1.34. The number of pyridine rings is 1. The summed E-state index contributed by atoms with van der Waals surface area (Å²) in [5, 5.41) is 2.51. The van der Waals surface area contributed by atoms with Gasteiger partial charge in [0, 0.05) is 18.9 Å². The number of nitrogens with two attached hydrogens (primary N) is 1. The van der Waals surface area contributed by atoms with Crippen molar-refractivity contribution < 1.29 is 4.79 Å². The van der Waals surface area contributed by atoms with E-state index in [2.05, 4.69) is 10.3 Å². The maximum atomic E-state index is 10.4. The van der Waals surface area contributed by atoms with Gasteiger partial charge in [0.2, 0.25) is 0 Å². The molecule has 1 rings (SSSR count). The van der Waals surface area contributed by atoms with E-state index in [0.717, 1.165) is 11.1 Å². The van der Waals surface area contributed by atoms with E-state index in [9.17, 15) is 4.79 Å². The van der Waals surface area contributed by atoms with Crippen LogP contribution in [0.5, 0.6) is 0 Å². The average molecular weight is 165 g/mol. The molecule has 2 amide bonds. The van der Waals surface area contributed by atoms with Gasteiger partial charge >= 0.3 is 6.03 Å². The van der Waals surface area contributed by atoms with E-state index >= 15 is 0 Å². The Balaban J connectivity index is 2.63. The summed E-state index contributed by atoms with van der Waals surface area (Å²) in [5.41, 5.74) is 7.00. The first-order valence-electron chi connectivity index (χ1n) is 3.63. The van der Waals surface area contributed by atoms with E-state index in [0.29, 0.717) is 6.54 Å². The monoisotopic (exact) mass is 165 g/mol. The lowest BCUT2D eigenvalue weighted by Crippen LogP contribution is -2.28. The second-order valence-electron chi connectivity index (χ2n) is 2.52. The highest BCUT2D eigenvalue weighted by Gasteiger charge is 1.97. The molecule has 12 heavy (non-hydrogen) atoms. The third-order valence-electron chi connectivity index (χ3n) is 1.59. The molecule has 0 aliphatic heterocycles. The molecule has 1 aromatic heterocycles. The van der Waals surface area contributed by atoms with Gasteiger partial charge in [0.1, 0.15) is 0 Å². The summed E-state index contributed by atoms with van der Waals surface area (Å²) in [4.78, 5) is 14.3. The van der Waals surface area contributed by atoms with Crippen molar-refractivity contribution in [2.45, 2.75) is 13.5 Å². The maximum absolute atomic E-state index is 10.4. The molecule has 0 radical (unpaired) electrons. The number of amides is 2. The third kappa shape index (κ3) is 2.23. The number of aromatic nitrogens is 1. The number of aryl methyl sites for hydroxylation is 1. The molecule has 0 saturated heterocycles. The largest absolute Gasteiger partial charge is 0.352 e. The van der Waals surface area contributed by atoms with Crippen LogP contribution in [0.4, 0.5) is 4.79 Å². The highest BCUT2D eigenvalue weighted by Crippen LogP contribution is 2.03. The van der Waals surface area contributed by atoms with Gasteiger partial charge in [0.05, 0.1) is 0 Å². The number of carbonyl (C=O) groups excluding carboxylic acids is 1. The molecule has 0 spiro atoms. The number of nitrogens with zero attached hydrogens (tertiary/aromatic N) is 1. The fraction of sp³-hybridized carbons (Fsp3) is 0.250. The van der Waals surface area contributed by atoms with Crippen LogP contribution >= 0.6 is 0 Å². The normalized spacial score (nSPS) is 9.42. The fourth-order valence-corrected chi connectivity index (χ4v) is 0.883. The first-order chi connectivity index (χ1) is 5.70. The van der Waals surface area contributed by atoms with E-state index < -0.39 is 6.03 Å². The lowest BCUT2D eigenvalue weighted by atomic mass is 10.1. The molecule has 0 aliphatic rings. The van der Waals surface area contributed by atoms with Crippen LogP contribution < -0.4 is 11.1 Å². The maximum Gasteiger partial charge on any atom is 0.312 e. The number of nitrogens with one attached hydrogen (secondary N) is 1. The summed E-state index contributed by atoms with van der Waals surface area (Å²) in [7, 11) is 0. The van der Waals surface area contributed by atoms with E-state index in [1.54, 1.807) is 12.4 Å². The first kappa shape index (κ1) is 8.52. The van der Waals surface area contributed by atoms with Crippen LogP contribution in [0.3, 0.4) is 0 Å². The van der Waals surface area contributed by atoms with Crippen LogP contribution in [0.15, 0.2) is 18.5 Å². The minimum atomic E-state index is -0.508. The van der Waals surface area contributed by atoms with Gasteiger partial charge in [-0.1, -0.05) is 0 Å². The van der Waals surface area contributed by atoms with Crippen molar-refractivity contribution in [2.24, 2.45) is 5.73 Å². The molecule has 3 N–H and O–H groups in total. The Bertz CT molecular complexity index is 285. The van der Waals surface area contributed by atoms with E-state index in [-0.39, 0.29) is 0 Å². The average Bonchev–Trinajstić information content (AvgIpc) is 2.03. The topological polar surface area (TPSA) is 68.0 Å². The number of hydrogen-bond acceptors (Lipinski definition) is 2. The minimum absolute atomic E-state index is 0.462. The Morgan fingerprint density at radius 1 is 1.75 bits per heavy atom. The first-order valence-corrected chi connectivity index (χ1v) is 3.63. The smallest absolute Gasteiger partial charge is 0.312 e. The third-order valence-corrected chi connectivity index (χ3v) is 1.59. The molecule has 0 aromatic carbocycles. The molecule has 1 aromatic rings. The Kier molecular flexibility index (Phi) is 2.63. The Labute approximate surface area is 70.8 Å². The van der Waals surface area contributed by atoms with Crippen LogP contribution in [0.2, 0.25) is 0 Å². The number of hydrogen-bond donors (Lipinski definition) is 2. The van der Waals surface area contributed by atoms with E-state index in [1.807, 2.05) is 13.0 Å². The zero-order chi connectivity index (χ0) is 8.97. The predicted molar refractivity (Wildman–Crippen MR) is 45.4 cm³/mol. The van der Waals surface area contributed by atoms with Crippen LogP contribution in [0.25, 0.3) is 0 Å². The van der Waals surface area contributed by atoms with Gasteiger partial charge in [0.15, 0.2) is 0 Å². The van der Waals surface area contributed by atoms with Gasteiger partial charge < -0.3 is 11.1 Å². The summed E-state index contributed by atoms with van der Waals surface area (Å²) >= 11 is 0. The van der Waals surface area contributed by atoms with Crippen molar-refractivity contribution in [1.29, 1.82) is 0 Å². The molecule has 4 heteroatoms. The van der Waals surface area contributed by atoms with Crippen molar-refractivity contribution in [3.63, 3.8) is 0 Å². The van der Waals surface area contributed by atoms with Crippen molar-refractivity contribution in [1.82, 2.24) is 10.3 Å². The Morgan fingerprint density at radius 3 is 3.08 bits per heavy atom. The highest BCUT2D eigenvalue weighted by molar-refractivity contribution is 5.71. The molecule has 1 heterocycles. The number of primary amides is 1. The Hall–Kier alpha value is -1.58. The minimum Gasteiger partial charge on any atom is -0.352 e. The molecule has 0 bridgehead atoms. The summed E-state index contributed by atoms with van der Waals surface area (Å²) < 4.78 is 0. The van der Waals surface area contributed by atoms with Gasteiger partial charge in [-0.15, -0.1) is 0 Å². The van der Waals surface area contributed by atoms with E-state index in [1.165, 1.54) is 0 Å².